The molecule has 0 spiro atoms. The highest BCUT2D eigenvalue weighted by atomic mass is 28.4. The van der Waals surface area contributed by atoms with Crippen molar-refractivity contribution in [3.05, 3.63) is 47.2 Å². The number of rotatable bonds is 9. The smallest absolute Gasteiger partial charge is 0.193 e. The Morgan fingerprint density at radius 3 is 2.03 bits per heavy atom. The highest BCUT2D eigenvalue weighted by Crippen LogP contribution is 2.47. The van der Waals surface area contributed by atoms with Crippen molar-refractivity contribution in [2.75, 3.05) is 0 Å². The van der Waals surface area contributed by atoms with E-state index in [-0.39, 0.29) is 11.1 Å². The van der Waals surface area contributed by atoms with E-state index in [1.54, 1.807) is 0 Å². The van der Waals surface area contributed by atoms with Crippen molar-refractivity contribution in [1.82, 2.24) is 4.23 Å². The van der Waals surface area contributed by atoms with E-state index in [4.69, 9.17) is 10.8 Å². The van der Waals surface area contributed by atoms with Gasteiger partial charge in [-0.1, -0.05) is 80.5 Å². The molecule has 0 radical (unpaired) electrons. The van der Waals surface area contributed by atoms with Crippen molar-refractivity contribution in [2.45, 2.75) is 123 Å². The molecule has 1 aromatic heterocycles. The van der Waals surface area contributed by atoms with Gasteiger partial charge in [0.2, 0.25) is 0 Å². The lowest BCUT2D eigenvalue weighted by atomic mass is 9.96. The fourth-order valence-corrected chi connectivity index (χ4v) is 13.9. The molecule has 1 atom stereocenters. The third kappa shape index (κ3) is 5.29. The van der Waals surface area contributed by atoms with Crippen LogP contribution < -0.4 is 0 Å². The van der Waals surface area contributed by atoms with Crippen molar-refractivity contribution < 1.29 is 4.43 Å². The summed E-state index contributed by atoms with van der Waals surface area (Å²) in [5, 5.41) is 1.45. The zero-order chi connectivity index (χ0) is 26.9. The van der Waals surface area contributed by atoms with Gasteiger partial charge in [-0.25, -0.2) is 0 Å². The van der Waals surface area contributed by atoms with Gasteiger partial charge in [0.15, 0.2) is 16.6 Å². The summed E-state index contributed by atoms with van der Waals surface area (Å²) in [6.45, 7) is 30.5. The summed E-state index contributed by atoms with van der Waals surface area (Å²) in [6.07, 6.45) is 11.1. The molecular weight excluding hydrogens is 459 g/mol. The van der Waals surface area contributed by atoms with E-state index in [1.165, 1.54) is 27.6 Å². The highest BCUT2D eigenvalue weighted by Gasteiger charge is 2.46. The number of hydrogen-bond acceptors (Lipinski definition) is 1. The van der Waals surface area contributed by atoms with Gasteiger partial charge in [0, 0.05) is 23.5 Å². The summed E-state index contributed by atoms with van der Waals surface area (Å²) in [5.41, 5.74) is 6.96. The first-order valence-electron chi connectivity index (χ1n) is 13.4. The van der Waals surface area contributed by atoms with Crippen LogP contribution in [0.4, 0.5) is 0 Å². The second kappa shape index (κ2) is 10.8. The van der Waals surface area contributed by atoms with Crippen LogP contribution in [0.2, 0.25) is 34.8 Å². The molecule has 0 saturated carbocycles. The molecular formula is C31H51NOSi2. The number of hydrogen-bond donors (Lipinski definition) is 0. The number of fused-ring (bicyclic) bond motifs is 1. The van der Waals surface area contributed by atoms with Crippen LogP contribution in [0.3, 0.4) is 0 Å². The zero-order valence-electron chi connectivity index (χ0n) is 24.8. The fraction of sp³-hybridized carbons (Fsp3) is 0.613. The van der Waals surface area contributed by atoms with Crippen LogP contribution in [0, 0.1) is 12.3 Å². The lowest BCUT2D eigenvalue weighted by Gasteiger charge is -2.44. The van der Waals surface area contributed by atoms with Gasteiger partial charge in [-0.2, -0.15) is 0 Å². The predicted octanol–water partition coefficient (Wildman–Crippen LogP) is 9.87. The van der Waals surface area contributed by atoms with E-state index in [2.05, 4.69) is 130 Å². The third-order valence-electron chi connectivity index (χ3n) is 8.79. The molecule has 4 heteroatoms. The van der Waals surface area contributed by atoms with Gasteiger partial charge >= 0.3 is 0 Å². The molecule has 2 rings (SSSR count). The standard InChI is InChI=1S/C31H51NOSi2/c1-15-18-26-21-32(35(22(3)4,23(5)6)24(7)8)28-20-17-19-27(29(26)28)30(25(9)16-2)33-34(13,14)31(10,11)12/h1,16-17,19-24,30H,18H2,2-14H3/b25-16+. The quantitative estimate of drug-likeness (QED) is 0.186. The maximum absolute atomic E-state index is 7.14. The van der Waals surface area contributed by atoms with Crippen molar-refractivity contribution in [3.63, 3.8) is 0 Å². The summed E-state index contributed by atoms with van der Waals surface area (Å²) >= 11 is 0. The van der Waals surface area contributed by atoms with E-state index in [0.717, 1.165) is 0 Å². The topological polar surface area (TPSA) is 14.2 Å². The Morgan fingerprint density at radius 2 is 1.60 bits per heavy atom. The SMILES string of the molecule is C#CCc1cn([Si](C(C)C)(C(C)C)C(C)C)c2cccc(C(O[Si](C)(C)C(C)(C)C)/C(C)=C/C)c12. The first kappa shape index (κ1) is 29.7. The largest absolute Gasteiger partial charge is 0.406 e. The Balaban J connectivity index is 2.98. The van der Waals surface area contributed by atoms with Crippen LogP contribution in [-0.4, -0.2) is 20.8 Å². The molecule has 0 aliphatic rings. The Labute approximate surface area is 218 Å². The van der Waals surface area contributed by atoms with Crippen LogP contribution in [-0.2, 0) is 10.8 Å². The lowest BCUT2D eigenvalue weighted by molar-refractivity contribution is 0.219. The first-order valence-corrected chi connectivity index (χ1v) is 18.5. The summed E-state index contributed by atoms with van der Waals surface area (Å²) in [7, 11) is -3.96. The fourth-order valence-electron chi connectivity index (χ4n) is 6.04. The molecule has 0 fully saturated rings. The van der Waals surface area contributed by atoms with E-state index in [1.807, 2.05) is 0 Å². The van der Waals surface area contributed by atoms with Crippen LogP contribution in [0.15, 0.2) is 36.0 Å². The maximum Gasteiger partial charge on any atom is 0.193 e. The summed E-state index contributed by atoms with van der Waals surface area (Å²) < 4.78 is 9.86. The van der Waals surface area contributed by atoms with Gasteiger partial charge in [0.25, 0.3) is 0 Å². The minimum absolute atomic E-state index is 0.0646. The van der Waals surface area contributed by atoms with Crippen LogP contribution in [0.1, 0.15) is 93.4 Å². The highest BCUT2D eigenvalue weighted by molar-refractivity contribution is 6.82. The van der Waals surface area contributed by atoms with Crippen LogP contribution in [0.25, 0.3) is 10.9 Å². The summed E-state index contributed by atoms with van der Waals surface area (Å²) in [6, 6.07) is 6.84. The molecule has 0 aliphatic carbocycles. The number of benzene rings is 1. The van der Waals surface area contributed by atoms with Crippen molar-refractivity contribution in [2.24, 2.45) is 0 Å². The summed E-state index contributed by atoms with van der Waals surface area (Å²) in [5.74, 6) is 2.97. The molecule has 194 valence electrons. The Bertz CT molecular complexity index is 1070. The molecule has 2 aromatic rings. The zero-order valence-corrected chi connectivity index (χ0v) is 26.8. The monoisotopic (exact) mass is 509 g/mol. The Hall–Kier alpha value is -1.55. The van der Waals surface area contributed by atoms with Crippen LogP contribution >= 0.6 is 0 Å². The first-order chi connectivity index (χ1) is 16.1. The van der Waals surface area contributed by atoms with Gasteiger partial charge in [-0.15, -0.1) is 12.3 Å². The molecule has 0 bridgehead atoms. The van der Waals surface area contributed by atoms with Crippen molar-refractivity contribution >= 4 is 27.5 Å². The minimum atomic E-state index is -2.02. The normalized spacial score (nSPS) is 14.9. The van der Waals surface area contributed by atoms with E-state index in [9.17, 15) is 0 Å². The maximum atomic E-state index is 7.14. The molecule has 1 aromatic carbocycles. The molecule has 0 aliphatic heterocycles. The van der Waals surface area contributed by atoms with Gasteiger partial charge in [-0.05, 0) is 71.4 Å². The molecule has 0 N–H and O–H groups in total. The van der Waals surface area contributed by atoms with E-state index >= 15 is 0 Å². The van der Waals surface area contributed by atoms with Crippen molar-refractivity contribution in [1.29, 1.82) is 0 Å². The Kier molecular flexibility index (Phi) is 9.18. The minimum Gasteiger partial charge on any atom is -0.406 e. The average Bonchev–Trinajstić information content (AvgIpc) is 3.09. The number of allylic oxidation sites excluding steroid dienone is 1. The summed E-state index contributed by atoms with van der Waals surface area (Å²) in [4.78, 5) is 0. The van der Waals surface area contributed by atoms with E-state index in [0.29, 0.717) is 23.0 Å². The second-order valence-electron chi connectivity index (χ2n) is 12.8. The van der Waals surface area contributed by atoms with Crippen LogP contribution in [0.5, 0.6) is 0 Å². The molecule has 0 amide bonds. The molecule has 0 saturated heterocycles. The third-order valence-corrected chi connectivity index (χ3v) is 20.0. The molecule has 2 nitrogen and oxygen atoms in total. The molecule has 35 heavy (non-hydrogen) atoms. The Morgan fingerprint density at radius 1 is 1.06 bits per heavy atom. The molecule has 1 unspecified atom stereocenters. The van der Waals surface area contributed by atoms with Gasteiger partial charge in [-0.3, -0.25) is 0 Å². The lowest BCUT2D eigenvalue weighted by Crippen LogP contribution is -2.51. The average molecular weight is 510 g/mol. The number of terminal acetylenes is 1. The van der Waals surface area contributed by atoms with E-state index < -0.39 is 16.6 Å². The predicted molar refractivity (Wildman–Crippen MR) is 161 cm³/mol. The van der Waals surface area contributed by atoms with Crippen molar-refractivity contribution in [3.8, 4) is 12.3 Å². The van der Waals surface area contributed by atoms with Gasteiger partial charge < -0.3 is 8.66 Å². The number of aromatic nitrogens is 1. The van der Waals surface area contributed by atoms with Gasteiger partial charge in [0.05, 0.1) is 6.10 Å². The second-order valence-corrected chi connectivity index (χ2v) is 23.3. The number of nitrogens with zero attached hydrogens (tertiary/aromatic N) is 1. The van der Waals surface area contributed by atoms with Gasteiger partial charge in [0.1, 0.15) is 0 Å². The molecule has 1 heterocycles.